The number of thioether (sulfide) groups is 2. The van der Waals surface area contributed by atoms with Crippen LogP contribution in [0.25, 0.3) is 0 Å². The van der Waals surface area contributed by atoms with Crippen molar-refractivity contribution in [2.45, 2.75) is 29.1 Å². The molecule has 2 bridgehead atoms. The number of aldehydes is 1. The van der Waals surface area contributed by atoms with E-state index in [0.29, 0.717) is 6.42 Å². The maximum atomic E-state index is 13.3. The quantitative estimate of drug-likeness (QED) is 0.423. The molecule has 0 saturated heterocycles. The molecule has 0 unspecified atom stereocenters. The highest BCUT2D eigenvalue weighted by molar-refractivity contribution is 8.16. The molecule has 0 spiro atoms. The fourth-order valence-corrected chi connectivity index (χ4v) is 6.03. The lowest BCUT2D eigenvalue weighted by Crippen LogP contribution is -2.73. The molecule has 3 rings (SSSR count). The van der Waals surface area contributed by atoms with E-state index in [2.05, 4.69) is 0 Å². The molecular weight excluding hydrogens is 308 g/mol. The van der Waals surface area contributed by atoms with E-state index in [0.717, 1.165) is 6.29 Å². The zero-order chi connectivity index (χ0) is 15.9. The minimum absolute atomic E-state index is 0.0457. The Balaban J connectivity index is 2.64. The highest BCUT2D eigenvalue weighted by atomic mass is 32.2. The summed E-state index contributed by atoms with van der Waals surface area (Å²) in [5, 5.41) is 0. The first-order chi connectivity index (χ1) is 9.92. The third-order valence-electron chi connectivity index (χ3n) is 5.00. The summed E-state index contributed by atoms with van der Waals surface area (Å²) in [5.41, 5.74) is -3.03. The van der Waals surface area contributed by atoms with E-state index >= 15 is 0 Å². The third-order valence-corrected chi connectivity index (χ3v) is 7.71. The van der Waals surface area contributed by atoms with Crippen molar-refractivity contribution in [3.63, 3.8) is 0 Å². The lowest BCUT2D eigenvalue weighted by molar-refractivity contribution is -0.195. The Bertz CT molecular complexity index is 476. The number of fused-ring (bicyclic) bond motifs is 2. The van der Waals surface area contributed by atoms with Crippen LogP contribution in [-0.2, 0) is 19.1 Å². The normalized spacial score (nSPS) is 41.8. The number of ether oxygens (including phenoxy) is 2. The van der Waals surface area contributed by atoms with E-state index in [9.17, 15) is 9.59 Å². The topological polar surface area (TPSA) is 52.6 Å². The Morgan fingerprint density at radius 2 is 1.95 bits per heavy atom. The maximum Gasteiger partial charge on any atom is 0.203 e. The van der Waals surface area contributed by atoms with Gasteiger partial charge in [-0.15, -0.1) is 23.5 Å². The van der Waals surface area contributed by atoms with Crippen LogP contribution in [0.2, 0.25) is 0 Å². The van der Waals surface area contributed by atoms with Gasteiger partial charge in [-0.3, -0.25) is 4.79 Å². The molecule has 3 aliphatic rings. The molecule has 6 heteroatoms. The molecule has 0 aromatic heterocycles. The molecule has 1 fully saturated rings. The van der Waals surface area contributed by atoms with Crippen molar-refractivity contribution in [2.75, 3.05) is 26.7 Å². The van der Waals surface area contributed by atoms with Crippen LogP contribution >= 0.6 is 23.5 Å². The predicted octanol–water partition coefficient (Wildman–Crippen LogP) is 2.17. The number of hydrogen-bond acceptors (Lipinski definition) is 6. The van der Waals surface area contributed by atoms with Crippen molar-refractivity contribution in [2.24, 2.45) is 11.3 Å². The van der Waals surface area contributed by atoms with Crippen LogP contribution < -0.4 is 0 Å². The van der Waals surface area contributed by atoms with E-state index in [1.54, 1.807) is 43.6 Å². The van der Waals surface area contributed by atoms with Gasteiger partial charge in [0.2, 0.25) is 5.78 Å². The van der Waals surface area contributed by atoms with Crippen molar-refractivity contribution in [3.8, 4) is 0 Å². The van der Waals surface area contributed by atoms with Crippen molar-refractivity contribution in [1.29, 1.82) is 0 Å². The van der Waals surface area contributed by atoms with Gasteiger partial charge in [-0.1, -0.05) is 6.08 Å². The minimum atomic E-state index is -1.23. The molecule has 0 aliphatic heterocycles. The molecular formula is C15H22O4S2. The molecule has 0 aromatic carbocycles. The lowest BCUT2D eigenvalue weighted by atomic mass is 9.52. The van der Waals surface area contributed by atoms with Crippen LogP contribution in [0.5, 0.6) is 0 Å². The van der Waals surface area contributed by atoms with Crippen LogP contribution in [-0.4, -0.2) is 54.6 Å². The number of ketones is 1. The fourth-order valence-electron chi connectivity index (χ4n) is 3.80. The average molecular weight is 330 g/mol. The summed E-state index contributed by atoms with van der Waals surface area (Å²) >= 11 is 3.20. The SMILES string of the molecule is CO[C@]12C=C[C@H](C[C@]1(C)C=O)[C@@](OC)(C(SC)SC)C2=O. The van der Waals surface area contributed by atoms with Gasteiger partial charge in [-0.05, 0) is 31.9 Å². The molecule has 3 aliphatic carbocycles. The van der Waals surface area contributed by atoms with Crippen molar-refractivity contribution >= 4 is 35.6 Å². The first-order valence-electron chi connectivity index (χ1n) is 6.79. The average Bonchev–Trinajstić information content (AvgIpc) is 2.51. The Morgan fingerprint density at radius 1 is 1.33 bits per heavy atom. The molecule has 0 heterocycles. The van der Waals surface area contributed by atoms with E-state index in [1.165, 1.54) is 7.11 Å². The molecule has 4 atom stereocenters. The van der Waals surface area contributed by atoms with Gasteiger partial charge in [0.15, 0.2) is 11.2 Å². The Kier molecular flexibility index (Phi) is 4.65. The van der Waals surface area contributed by atoms with Gasteiger partial charge >= 0.3 is 0 Å². The summed E-state index contributed by atoms with van der Waals surface area (Å²) in [5.74, 6) is -0.255. The number of methoxy groups -OCH3 is 2. The van der Waals surface area contributed by atoms with Crippen molar-refractivity contribution < 1.29 is 19.1 Å². The number of carbonyl (C=O) groups excluding carboxylic acids is 2. The summed E-state index contributed by atoms with van der Waals surface area (Å²) in [4.78, 5) is 25.0. The van der Waals surface area contributed by atoms with Gasteiger partial charge in [0.05, 0.1) is 10.00 Å². The molecule has 4 nitrogen and oxygen atoms in total. The monoisotopic (exact) mass is 330 g/mol. The van der Waals surface area contributed by atoms with Crippen molar-refractivity contribution in [1.82, 2.24) is 0 Å². The summed E-state index contributed by atoms with van der Waals surface area (Å²) in [7, 11) is 3.07. The maximum absolute atomic E-state index is 13.3. The zero-order valence-electron chi connectivity index (χ0n) is 13.0. The number of rotatable bonds is 6. The molecule has 0 aromatic rings. The molecule has 0 radical (unpaired) electrons. The van der Waals surface area contributed by atoms with E-state index in [1.807, 2.05) is 18.6 Å². The van der Waals surface area contributed by atoms with E-state index < -0.39 is 16.6 Å². The van der Waals surface area contributed by atoms with Gasteiger partial charge in [0, 0.05) is 20.1 Å². The fraction of sp³-hybridized carbons (Fsp3) is 0.733. The summed E-state index contributed by atoms with van der Waals surface area (Å²) in [6.07, 6.45) is 9.10. The minimum Gasteiger partial charge on any atom is -0.368 e. The van der Waals surface area contributed by atoms with Crippen LogP contribution in [0.4, 0.5) is 0 Å². The van der Waals surface area contributed by atoms with Crippen LogP contribution in [0.1, 0.15) is 13.3 Å². The van der Waals surface area contributed by atoms with Gasteiger partial charge in [-0.2, -0.15) is 0 Å². The second kappa shape index (κ2) is 5.72. The largest absolute Gasteiger partial charge is 0.368 e. The van der Waals surface area contributed by atoms with Gasteiger partial charge in [0.1, 0.15) is 6.29 Å². The molecule has 118 valence electrons. The molecule has 1 saturated carbocycles. The Morgan fingerprint density at radius 3 is 2.38 bits per heavy atom. The lowest BCUT2D eigenvalue weighted by Gasteiger charge is -2.59. The zero-order valence-corrected chi connectivity index (χ0v) is 14.7. The summed E-state index contributed by atoms with van der Waals surface area (Å²) < 4.78 is 11.4. The standard InChI is InChI=1S/C15H22O4S2/c1-13(9-16)8-10-6-7-14(13,18-2)11(17)15(10,19-3)12(20-4)21-5/h6-7,9-10,12H,8H2,1-5H3/t10-,13-,14+,15+/m1/s1. The number of Topliss-reactive ketones (excluding diaryl/α,β-unsaturated/α-hetero) is 1. The summed E-state index contributed by atoms with van der Waals surface area (Å²) in [6.45, 7) is 1.80. The molecule has 0 amide bonds. The third kappa shape index (κ3) is 1.92. The highest BCUT2D eigenvalue weighted by Crippen LogP contribution is 2.58. The number of carbonyl (C=O) groups is 2. The highest BCUT2D eigenvalue weighted by Gasteiger charge is 2.71. The Labute approximate surface area is 134 Å². The smallest absolute Gasteiger partial charge is 0.203 e. The first kappa shape index (κ1) is 17.1. The number of hydrogen-bond donors (Lipinski definition) is 0. The van der Waals surface area contributed by atoms with Crippen LogP contribution in [0.15, 0.2) is 12.2 Å². The van der Waals surface area contributed by atoms with Crippen molar-refractivity contribution in [3.05, 3.63) is 12.2 Å². The molecule has 0 N–H and O–H groups in total. The van der Waals surface area contributed by atoms with Crippen LogP contribution in [0.3, 0.4) is 0 Å². The van der Waals surface area contributed by atoms with E-state index in [-0.39, 0.29) is 16.3 Å². The predicted molar refractivity (Wildman–Crippen MR) is 86.7 cm³/mol. The second-order valence-corrected chi connectivity index (χ2v) is 7.96. The van der Waals surface area contributed by atoms with Gasteiger partial charge < -0.3 is 14.3 Å². The van der Waals surface area contributed by atoms with E-state index in [4.69, 9.17) is 9.47 Å². The Hall–Kier alpha value is -0.300. The van der Waals surface area contributed by atoms with Crippen LogP contribution in [0, 0.1) is 11.3 Å². The first-order valence-corrected chi connectivity index (χ1v) is 9.36. The summed E-state index contributed by atoms with van der Waals surface area (Å²) in [6, 6.07) is 0. The molecule has 21 heavy (non-hydrogen) atoms. The van der Waals surface area contributed by atoms with Gasteiger partial charge in [0.25, 0.3) is 0 Å². The second-order valence-electron chi connectivity index (χ2n) is 5.77. The van der Waals surface area contributed by atoms with Gasteiger partial charge in [-0.25, -0.2) is 0 Å².